The summed E-state index contributed by atoms with van der Waals surface area (Å²) in [4.78, 5) is 27.0. The molecule has 1 N–H and O–H groups in total. The fraction of sp³-hybridized carbons (Fsp3) is 0.448. The van der Waals surface area contributed by atoms with Crippen LogP contribution in [0.2, 0.25) is 0 Å². The van der Waals surface area contributed by atoms with Crippen LogP contribution in [-0.2, 0) is 11.8 Å². The summed E-state index contributed by atoms with van der Waals surface area (Å²) in [5.41, 5.74) is 3.91. The zero-order chi connectivity index (χ0) is 28.3. The molecular formula is C29H35F3N4O2. The summed E-state index contributed by atoms with van der Waals surface area (Å²) in [5, 5.41) is 13.1. The van der Waals surface area contributed by atoms with E-state index in [0.29, 0.717) is 11.5 Å². The summed E-state index contributed by atoms with van der Waals surface area (Å²) in [7, 11) is 2.07. The number of carbonyl (C=O) groups excluding carboxylic acids is 2. The number of fused-ring (bicyclic) bond motifs is 1. The number of anilines is 1. The molecule has 3 aromatic rings. The van der Waals surface area contributed by atoms with E-state index in [0.717, 1.165) is 36.9 Å². The Morgan fingerprint density at radius 3 is 2.37 bits per heavy atom. The molecule has 38 heavy (non-hydrogen) atoms. The number of alkyl halides is 3. The molecule has 9 heteroatoms. The largest absolute Gasteiger partial charge is 0.389 e. The molecule has 0 aliphatic heterocycles. The van der Waals surface area contributed by atoms with Crippen LogP contribution in [0.5, 0.6) is 0 Å². The van der Waals surface area contributed by atoms with Crippen molar-refractivity contribution in [1.29, 1.82) is 5.26 Å². The molecule has 0 aliphatic carbocycles. The molecule has 1 amide bonds. The number of amides is 1. The van der Waals surface area contributed by atoms with Crippen molar-refractivity contribution in [2.45, 2.75) is 77.8 Å². The van der Waals surface area contributed by atoms with Gasteiger partial charge in [0.15, 0.2) is 0 Å². The fourth-order valence-corrected chi connectivity index (χ4v) is 4.26. The normalized spacial score (nSPS) is 11.1. The highest BCUT2D eigenvalue weighted by Gasteiger charge is 2.27. The number of carbonyl (C=O) groups is 2. The van der Waals surface area contributed by atoms with Gasteiger partial charge in [0, 0.05) is 48.9 Å². The van der Waals surface area contributed by atoms with Crippen molar-refractivity contribution in [2.24, 2.45) is 7.05 Å². The van der Waals surface area contributed by atoms with Gasteiger partial charge in [-0.25, -0.2) is 0 Å². The number of Topliss-reactive ketones (excluding diaryl/α,β-unsaturated/α-hetero) is 1. The summed E-state index contributed by atoms with van der Waals surface area (Å²) in [6.07, 6.45) is 2.97. The van der Waals surface area contributed by atoms with Crippen LogP contribution in [0.25, 0.3) is 10.9 Å². The smallest absolute Gasteiger partial charge is 0.350 e. The van der Waals surface area contributed by atoms with E-state index >= 15 is 0 Å². The van der Waals surface area contributed by atoms with Gasteiger partial charge in [0.25, 0.3) is 5.91 Å². The van der Waals surface area contributed by atoms with Gasteiger partial charge in [-0.15, -0.1) is 0 Å². The molecule has 0 aliphatic rings. The summed E-state index contributed by atoms with van der Waals surface area (Å²) in [6, 6.07) is 11.1. The average molecular weight is 529 g/mol. The Morgan fingerprint density at radius 1 is 1.11 bits per heavy atom. The van der Waals surface area contributed by atoms with Crippen molar-refractivity contribution < 1.29 is 22.8 Å². The first-order chi connectivity index (χ1) is 18.0. The number of nitrogens with one attached hydrogen (secondary N) is 1. The Hall–Kier alpha value is -3.67. The van der Waals surface area contributed by atoms with E-state index in [9.17, 15) is 22.8 Å². The first kappa shape index (κ1) is 30.6. The van der Waals surface area contributed by atoms with Crippen molar-refractivity contribution >= 4 is 28.3 Å². The first-order valence-corrected chi connectivity index (χ1v) is 12.9. The second-order valence-corrected chi connectivity index (χ2v) is 9.20. The van der Waals surface area contributed by atoms with Crippen molar-refractivity contribution in [2.75, 3.05) is 5.32 Å². The third-order valence-electron chi connectivity index (χ3n) is 6.20. The van der Waals surface area contributed by atoms with Gasteiger partial charge in [0.05, 0.1) is 18.1 Å². The van der Waals surface area contributed by atoms with Gasteiger partial charge in [-0.1, -0.05) is 33.6 Å². The maximum absolute atomic E-state index is 12.6. The summed E-state index contributed by atoms with van der Waals surface area (Å²) >= 11 is 0. The Morgan fingerprint density at radius 2 is 1.79 bits per heavy atom. The number of aryl methyl sites for hydroxylation is 1. The highest BCUT2D eigenvalue weighted by atomic mass is 19.4. The van der Waals surface area contributed by atoms with Gasteiger partial charge in [-0.2, -0.15) is 18.4 Å². The summed E-state index contributed by atoms with van der Waals surface area (Å²) in [5.74, 6) is -0.122. The van der Waals surface area contributed by atoms with Crippen molar-refractivity contribution in [1.82, 2.24) is 9.55 Å². The maximum atomic E-state index is 12.6. The molecule has 0 atom stereocenters. The quantitative estimate of drug-likeness (QED) is 0.292. The van der Waals surface area contributed by atoms with Crippen molar-refractivity contribution in [3.63, 3.8) is 0 Å². The molecule has 2 aromatic heterocycles. The topological polar surface area (TPSA) is 87.8 Å². The van der Waals surface area contributed by atoms with E-state index < -0.39 is 12.6 Å². The van der Waals surface area contributed by atoms with Crippen molar-refractivity contribution in [3.05, 3.63) is 59.5 Å². The van der Waals surface area contributed by atoms with Gasteiger partial charge in [-0.05, 0) is 54.7 Å². The molecule has 204 valence electrons. The van der Waals surface area contributed by atoms with Crippen LogP contribution in [0.15, 0.2) is 42.7 Å². The van der Waals surface area contributed by atoms with Crippen LogP contribution >= 0.6 is 0 Å². The van der Waals surface area contributed by atoms with Crippen LogP contribution in [0, 0.1) is 11.3 Å². The zero-order valence-corrected chi connectivity index (χ0v) is 22.4. The van der Waals surface area contributed by atoms with E-state index in [1.54, 1.807) is 13.0 Å². The Kier molecular flexibility index (Phi) is 11.5. The predicted octanol–water partition coefficient (Wildman–Crippen LogP) is 7.69. The van der Waals surface area contributed by atoms with E-state index in [1.165, 1.54) is 23.2 Å². The molecule has 0 unspecified atom stereocenters. The molecule has 0 fully saturated rings. The van der Waals surface area contributed by atoms with Gasteiger partial charge in [-0.3, -0.25) is 14.6 Å². The lowest BCUT2D eigenvalue weighted by Gasteiger charge is -2.15. The lowest BCUT2D eigenvalue weighted by Crippen LogP contribution is -2.13. The Bertz CT molecular complexity index is 1270. The number of nitrogens with zero attached hydrogens (tertiary/aromatic N) is 3. The number of benzene rings is 1. The summed E-state index contributed by atoms with van der Waals surface area (Å²) in [6.45, 7) is 6.00. The zero-order valence-electron chi connectivity index (χ0n) is 22.4. The number of ketones is 1. The molecule has 0 saturated carbocycles. The number of halogens is 3. The molecule has 0 spiro atoms. The number of aromatic nitrogens is 2. The van der Waals surface area contributed by atoms with Crippen LogP contribution < -0.4 is 5.32 Å². The third kappa shape index (κ3) is 9.02. The first-order valence-electron chi connectivity index (χ1n) is 12.9. The minimum absolute atomic E-state index is 0.191. The molecular weight excluding hydrogens is 493 g/mol. The molecule has 1 aromatic carbocycles. The van der Waals surface area contributed by atoms with E-state index in [2.05, 4.69) is 48.0 Å². The lowest BCUT2D eigenvalue weighted by molar-refractivity contribution is -0.143. The number of nitriles is 1. The minimum Gasteiger partial charge on any atom is -0.350 e. The molecule has 0 bridgehead atoms. The molecule has 0 saturated heterocycles. The minimum atomic E-state index is -4.19. The summed E-state index contributed by atoms with van der Waals surface area (Å²) < 4.78 is 36.4. The van der Waals surface area contributed by atoms with Crippen molar-refractivity contribution in [3.8, 4) is 6.07 Å². The predicted molar refractivity (Wildman–Crippen MR) is 143 cm³/mol. The highest BCUT2D eigenvalue weighted by molar-refractivity contribution is 6.04. The second kappa shape index (κ2) is 14.3. The van der Waals surface area contributed by atoms with Crippen LogP contribution in [0.3, 0.4) is 0 Å². The molecule has 3 rings (SSSR count). The Balaban J connectivity index is 0.000000432. The van der Waals surface area contributed by atoms with E-state index in [4.69, 9.17) is 5.26 Å². The number of rotatable bonds is 10. The lowest BCUT2D eigenvalue weighted by atomic mass is 9.90. The van der Waals surface area contributed by atoms with E-state index in [1.807, 2.05) is 18.2 Å². The van der Waals surface area contributed by atoms with Crippen LogP contribution in [0.4, 0.5) is 18.9 Å². The fourth-order valence-electron chi connectivity index (χ4n) is 4.26. The van der Waals surface area contributed by atoms with Gasteiger partial charge >= 0.3 is 6.18 Å². The second-order valence-electron chi connectivity index (χ2n) is 9.20. The molecule has 0 radical (unpaired) electrons. The SMILES string of the molecule is CCC(=O)CCC(F)(F)F.CCCC(CCC)c1cn(C)c2ccc(NC(=O)c3cc(C#N)ccn3)cc12. The van der Waals surface area contributed by atoms with E-state index in [-0.39, 0.29) is 30.2 Å². The standard InChI is InChI=1S/C23H26N4O.C6H9F3O/c1-4-6-17(7-5-2)20-15-27(3)22-9-8-18(13-19(20)22)26-23(28)21-12-16(14-24)10-11-25-21;1-2-5(10)3-4-6(7,8)9/h8-13,15,17H,4-7H2,1-3H3,(H,26,28);2-4H2,1H3. The average Bonchev–Trinajstić information content (AvgIpc) is 3.22. The number of pyridine rings is 1. The van der Waals surface area contributed by atoms with Gasteiger partial charge in [0.2, 0.25) is 0 Å². The van der Waals surface area contributed by atoms with Crippen LogP contribution in [0.1, 0.15) is 93.3 Å². The maximum Gasteiger partial charge on any atom is 0.389 e. The van der Waals surface area contributed by atoms with Crippen LogP contribution in [-0.4, -0.2) is 27.4 Å². The van der Waals surface area contributed by atoms with Gasteiger partial charge in [0.1, 0.15) is 11.5 Å². The number of hydrogen-bond donors (Lipinski definition) is 1. The third-order valence-corrected chi connectivity index (χ3v) is 6.20. The Labute approximate surface area is 221 Å². The number of hydrogen-bond acceptors (Lipinski definition) is 4. The highest BCUT2D eigenvalue weighted by Crippen LogP contribution is 2.34. The van der Waals surface area contributed by atoms with Gasteiger partial charge < -0.3 is 9.88 Å². The molecule has 2 heterocycles. The monoisotopic (exact) mass is 528 g/mol. The molecule has 6 nitrogen and oxygen atoms in total.